The lowest BCUT2D eigenvalue weighted by Crippen LogP contribution is -2.41. The number of carbonyl (C=O) groups is 2. The molecular formula is C18H28N2O4. The number of ether oxygens (including phenoxy) is 2. The molecule has 0 spiro atoms. The summed E-state index contributed by atoms with van der Waals surface area (Å²) < 4.78 is 10.5. The molecule has 0 heterocycles. The fraction of sp³-hybridized carbons (Fsp3) is 0.556. The van der Waals surface area contributed by atoms with Gasteiger partial charge in [-0.15, -0.1) is 0 Å². The van der Waals surface area contributed by atoms with Crippen LogP contribution in [0.3, 0.4) is 0 Å². The van der Waals surface area contributed by atoms with Crippen LogP contribution in [0.5, 0.6) is 0 Å². The van der Waals surface area contributed by atoms with E-state index < -0.39 is 29.4 Å². The van der Waals surface area contributed by atoms with E-state index in [1.54, 1.807) is 41.5 Å². The lowest BCUT2D eigenvalue weighted by molar-refractivity contribution is 0.0463. The summed E-state index contributed by atoms with van der Waals surface area (Å²) in [6.45, 7) is 11.0. The van der Waals surface area contributed by atoms with Crippen molar-refractivity contribution < 1.29 is 19.1 Å². The van der Waals surface area contributed by atoms with Gasteiger partial charge in [0.15, 0.2) is 0 Å². The van der Waals surface area contributed by atoms with Gasteiger partial charge in [-0.2, -0.15) is 0 Å². The zero-order chi connectivity index (χ0) is 18.4. The van der Waals surface area contributed by atoms with Gasteiger partial charge in [-0.05, 0) is 47.1 Å². The highest BCUT2D eigenvalue weighted by atomic mass is 16.6. The van der Waals surface area contributed by atoms with Gasteiger partial charge in [0.25, 0.3) is 0 Å². The molecule has 0 fully saturated rings. The van der Waals surface area contributed by atoms with Crippen LogP contribution in [-0.4, -0.2) is 29.9 Å². The summed E-state index contributed by atoms with van der Waals surface area (Å²) in [5.74, 6) is 0. The highest BCUT2D eigenvalue weighted by molar-refractivity contribution is 5.69. The quantitative estimate of drug-likeness (QED) is 0.877. The first kappa shape index (κ1) is 19.8. The van der Waals surface area contributed by atoms with Gasteiger partial charge in [-0.1, -0.05) is 30.3 Å². The highest BCUT2D eigenvalue weighted by Gasteiger charge is 2.22. The standard InChI is InChI=1S/C18H28N2O4/c1-17(2,3)23-15(21)19-12-14(13-10-8-7-9-11-13)20-16(22)24-18(4,5)6/h7-11,14H,12H2,1-6H3,(H,19,21)(H,20,22)/t14-/m1/s1. The van der Waals surface area contributed by atoms with Crippen molar-refractivity contribution in [3.05, 3.63) is 35.9 Å². The van der Waals surface area contributed by atoms with Gasteiger partial charge in [0.1, 0.15) is 11.2 Å². The molecule has 2 N–H and O–H groups in total. The van der Waals surface area contributed by atoms with Crippen LogP contribution in [0, 0.1) is 0 Å². The number of rotatable bonds is 4. The molecule has 0 saturated heterocycles. The van der Waals surface area contributed by atoms with E-state index in [4.69, 9.17) is 9.47 Å². The lowest BCUT2D eigenvalue weighted by atomic mass is 10.1. The summed E-state index contributed by atoms with van der Waals surface area (Å²) in [4.78, 5) is 23.9. The molecule has 0 aliphatic carbocycles. The second kappa shape index (κ2) is 8.04. The average molecular weight is 336 g/mol. The predicted octanol–water partition coefficient (Wildman–Crippen LogP) is 3.78. The molecule has 1 atom stereocenters. The van der Waals surface area contributed by atoms with Crippen molar-refractivity contribution in [3.8, 4) is 0 Å². The SMILES string of the molecule is CC(C)(C)OC(=O)NC[C@@H](NC(=O)OC(C)(C)C)c1ccccc1. The van der Waals surface area contributed by atoms with Crippen LogP contribution in [0.4, 0.5) is 9.59 Å². The number of amides is 2. The fourth-order valence-electron chi connectivity index (χ4n) is 1.89. The molecular weight excluding hydrogens is 308 g/mol. The molecule has 0 radical (unpaired) electrons. The van der Waals surface area contributed by atoms with Gasteiger partial charge >= 0.3 is 12.2 Å². The van der Waals surface area contributed by atoms with Gasteiger partial charge in [0.05, 0.1) is 6.04 Å². The number of hydrogen-bond acceptors (Lipinski definition) is 4. The van der Waals surface area contributed by atoms with E-state index in [0.717, 1.165) is 5.56 Å². The van der Waals surface area contributed by atoms with Crippen molar-refractivity contribution >= 4 is 12.2 Å². The Morgan fingerprint density at radius 1 is 0.917 bits per heavy atom. The van der Waals surface area contributed by atoms with E-state index >= 15 is 0 Å². The molecule has 0 aliphatic heterocycles. The summed E-state index contributed by atoms with van der Waals surface area (Å²) in [5.41, 5.74) is -0.311. The summed E-state index contributed by atoms with van der Waals surface area (Å²) in [7, 11) is 0. The van der Waals surface area contributed by atoms with Crippen molar-refractivity contribution in [1.29, 1.82) is 0 Å². The number of alkyl carbamates (subject to hydrolysis) is 2. The van der Waals surface area contributed by atoms with Gasteiger partial charge in [0.2, 0.25) is 0 Å². The molecule has 0 aromatic heterocycles. The Morgan fingerprint density at radius 3 is 1.92 bits per heavy atom. The first-order valence-electron chi connectivity index (χ1n) is 7.97. The van der Waals surface area contributed by atoms with Crippen molar-refractivity contribution in [3.63, 3.8) is 0 Å². The highest BCUT2D eigenvalue weighted by Crippen LogP contribution is 2.14. The monoisotopic (exact) mass is 336 g/mol. The summed E-state index contributed by atoms with van der Waals surface area (Å²) in [5, 5.41) is 5.45. The van der Waals surface area contributed by atoms with Crippen molar-refractivity contribution in [2.45, 2.75) is 58.8 Å². The average Bonchev–Trinajstić information content (AvgIpc) is 2.40. The number of carbonyl (C=O) groups excluding carboxylic acids is 2. The molecule has 0 unspecified atom stereocenters. The second-order valence-electron chi connectivity index (χ2n) is 7.49. The first-order chi connectivity index (χ1) is 11.0. The summed E-state index contributed by atoms with van der Waals surface area (Å²) in [6, 6.07) is 8.94. The van der Waals surface area contributed by atoms with Gasteiger partial charge in [0, 0.05) is 6.54 Å². The molecule has 134 valence electrons. The third kappa shape index (κ3) is 8.41. The Balaban J connectivity index is 2.73. The molecule has 0 saturated carbocycles. The maximum Gasteiger partial charge on any atom is 0.408 e. The minimum Gasteiger partial charge on any atom is -0.444 e. The smallest absolute Gasteiger partial charge is 0.408 e. The van der Waals surface area contributed by atoms with Gasteiger partial charge < -0.3 is 20.1 Å². The van der Waals surface area contributed by atoms with Gasteiger partial charge in [-0.25, -0.2) is 9.59 Å². The third-order valence-corrected chi connectivity index (χ3v) is 2.74. The Kier molecular flexibility index (Phi) is 6.63. The van der Waals surface area contributed by atoms with E-state index in [1.165, 1.54) is 0 Å². The largest absolute Gasteiger partial charge is 0.444 e. The van der Waals surface area contributed by atoms with E-state index in [1.807, 2.05) is 30.3 Å². The molecule has 1 aromatic carbocycles. The molecule has 6 heteroatoms. The van der Waals surface area contributed by atoms with Crippen LogP contribution in [0.15, 0.2) is 30.3 Å². The second-order valence-corrected chi connectivity index (χ2v) is 7.49. The Hall–Kier alpha value is -2.24. The Bertz CT molecular complexity index is 544. The normalized spacial score (nSPS) is 12.9. The molecule has 1 aromatic rings. The zero-order valence-corrected chi connectivity index (χ0v) is 15.3. The van der Waals surface area contributed by atoms with Crippen LogP contribution in [0.1, 0.15) is 53.1 Å². The minimum atomic E-state index is -0.593. The van der Waals surface area contributed by atoms with Crippen molar-refractivity contribution in [2.24, 2.45) is 0 Å². The third-order valence-electron chi connectivity index (χ3n) is 2.74. The Morgan fingerprint density at radius 2 is 1.42 bits per heavy atom. The maximum absolute atomic E-state index is 12.0. The van der Waals surface area contributed by atoms with Crippen LogP contribution in [0.2, 0.25) is 0 Å². The van der Waals surface area contributed by atoms with Crippen LogP contribution < -0.4 is 10.6 Å². The van der Waals surface area contributed by atoms with E-state index in [2.05, 4.69) is 10.6 Å². The van der Waals surface area contributed by atoms with Crippen LogP contribution >= 0.6 is 0 Å². The summed E-state index contributed by atoms with van der Waals surface area (Å²) in [6.07, 6.45) is -1.07. The fourth-order valence-corrected chi connectivity index (χ4v) is 1.89. The predicted molar refractivity (Wildman–Crippen MR) is 92.8 cm³/mol. The lowest BCUT2D eigenvalue weighted by Gasteiger charge is -2.25. The van der Waals surface area contributed by atoms with E-state index in [9.17, 15) is 9.59 Å². The molecule has 0 bridgehead atoms. The molecule has 24 heavy (non-hydrogen) atoms. The minimum absolute atomic E-state index is 0.193. The number of nitrogens with one attached hydrogen (secondary N) is 2. The van der Waals surface area contributed by atoms with Crippen LogP contribution in [-0.2, 0) is 9.47 Å². The summed E-state index contributed by atoms with van der Waals surface area (Å²) >= 11 is 0. The van der Waals surface area contributed by atoms with E-state index in [0.29, 0.717) is 0 Å². The van der Waals surface area contributed by atoms with Crippen molar-refractivity contribution in [1.82, 2.24) is 10.6 Å². The number of hydrogen-bond donors (Lipinski definition) is 2. The Labute approximate surface area is 143 Å². The zero-order valence-electron chi connectivity index (χ0n) is 15.3. The number of benzene rings is 1. The van der Waals surface area contributed by atoms with Crippen LogP contribution in [0.25, 0.3) is 0 Å². The van der Waals surface area contributed by atoms with Gasteiger partial charge in [-0.3, -0.25) is 0 Å². The van der Waals surface area contributed by atoms with E-state index in [-0.39, 0.29) is 6.54 Å². The van der Waals surface area contributed by atoms with Crippen molar-refractivity contribution in [2.75, 3.05) is 6.54 Å². The molecule has 1 rings (SSSR count). The molecule has 2 amide bonds. The molecule has 0 aliphatic rings. The maximum atomic E-state index is 12.0. The topological polar surface area (TPSA) is 76.7 Å². The molecule has 6 nitrogen and oxygen atoms in total. The first-order valence-corrected chi connectivity index (χ1v) is 7.97.